The summed E-state index contributed by atoms with van der Waals surface area (Å²) in [6.45, 7) is 0. The second-order valence-electron chi connectivity index (χ2n) is 4.35. The summed E-state index contributed by atoms with van der Waals surface area (Å²) in [4.78, 5) is 12.4. The first-order valence-electron chi connectivity index (χ1n) is 6.07. The summed E-state index contributed by atoms with van der Waals surface area (Å²) >= 11 is 0.0557. The van der Waals surface area contributed by atoms with E-state index in [2.05, 4.69) is 18.2 Å². The standard InChI is InChI=1S/C16H13NOSe/c1-17-14-10-6-5-7-12(14)11-15(16(17)18)19-13-8-3-2-4-9-13/h2-11H,1H3. The van der Waals surface area contributed by atoms with Gasteiger partial charge in [-0.05, 0) is 0 Å². The first-order valence-corrected chi connectivity index (χ1v) is 7.79. The molecule has 0 unspecified atom stereocenters. The normalized spacial score (nSPS) is 10.8. The van der Waals surface area contributed by atoms with Crippen molar-refractivity contribution < 1.29 is 0 Å². The van der Waals surface area contributed by atoms with Crippen LogP contribution in [0.25, 0.3) is 10.9 Å². The Morgan fingerprint density at radius 1 is 0.947 bits per heavy atom. The SMILES string of the molecule is Cn1c(=O)c([Se]c2ccccc2)cc2ccccc21. The predicted molar refractivity (Wildman–Crippen MR) is 80.7 cm³/mol. The summed E-state index contributed by atoms with van der Waals surface area (Å²) in [6.07, 6.45) is 0. The molecular formula is C16H13NOSe. The van der Waals surface area contributed by atoms with Crippen molar-refractivity contribution in [1.29, 1.82) is 0 Å². The minimum atomic E-state index is 0.0557. The Morgan fingerprint density at radius 3 is 2.42 bits per heavy atom. The average Bonchev–Trinajstić information content (AvgIpc) is 2.46. The molecule has 0 atom stereocenters. The van der Waals surface area contributed by atoms with E-state index in [0.717, 1.165) is 15.4 Å². The summed E-state index contributed by atoms with van der Waals surface area (Å²) in [5.74, 6) is 0. The molecule has 0 aliphatic heterocycles. The van der Waals surface area contributed by atoms with Gasteiger partial charge in [0.25, 0.3) is 0 Å². The number of hydrogen-bond acceptors (Lipinski definition) is 1. The molecule has 3 heteroatoms. The van der Waals surface area contributed by atoms with Crippen LogP contribution in [0.4, 0.5) is 0 Å². The summed E-state index contributed by atoms with van der Waals surface area (Å²) in [6, 6.07) is 20.2. The molecule has 3 rings (SSSR count). The van der Waals surface area contributed by atoms with Crippen LogP contribution in [0, 0.1) is 0 Å². The number of rotatable bonds is 2. The van der Waals surface area contributed by atoms with Gasteiger partial charge in [-0.25, -0.2) is 0 Å². The average molecular weight is 314 g/mol. The molecule has 19 heavy (non-hydrogen) atoms. The van der Waals surface area contributed by atoms with Crippen LogP contribution in [0.3, 0.4) is 0 Å². The number of aryl methyl sites for hydroxylation is 1. The predicted octanol–water partition coefficient (Wildman–Crippen LogP) is 1.19. The number of pyridine rings is 1. The fourth-order valence-electron chi connectivity index (χ4n) is 2.08. The molecule has 0 aliphatic carbocycles. The van der Waals surface area contributed by atoms with E-state index in [0.29, 0.717) is 0 Å². The molecule has 3 aromatic rings. The van der Waals surface area contributed by atoms with Gasteiger partial charge in [-0.1, -0.05) is 0 Å². The van der Waals surface area contributed by atoms with Crippen LogP contribution in [-0.2, 0) is 7.05 Å². The summed E-state index contributed by atoms with van der Waals surface area (Å²) < 4.78 is 3.87. The topological polar surface area (TPSA) is 22.0 Å². The van der Waals surface area contributed by atoms with E-state index in [1.54, 1.807) is 4.57 Å². The van der Waals surface area contributed by atoms with Crippen LogP contribution in [0.5, 0.6) is 0 Å². The molecule has 1 aromatic heterocycles. The van der Waals surface area contributed by atoms with Crippen LogP contribution >= 0.6 is 0 Å². The Balaban J connectivity index is 2.14. The third-order valence-corrected chi connectivity index (χ3v) is 5.21. The molecule has 0 saturated carbocycles. The van der Waals surface area contributed by atoms with Crippen molar-refractivity contribution in [3.63, 3.8) is 0 Å². The Morgan fingerprint density at radius 2 is 1.63 bits per heavy atom. The summed E-state index contributed by atoms with van der Waals surface area (Å²) in [5, 5.41) is 1.12. The number of fused-ring (bicyclic) bond motifs is 1. The van der Waals surface area contributed by atoms with Gasteiger partial charge in [0.2, 0.25) is 0 Å². The molecule has 0 saturated heterocycles. The van der Waals surface area contributed by atoms with Gasteiger partial charge in [0, 0.05) is 0 Å². The molecule has 2 aromatic carbocycles. The van der Waals surface area contributed by atoms with Gasteiger partial charge in [0.15, 0.2) is 0 Å². The van der Waals surface area contributed by atoms with Crippen LogP contribution in [-0.4, -0.2) is 19.5 Å². The van der Waals surface area contributed by atoms with Gasteiger partial charge in [0.05, 0.1) is 0 Å². The van der Waals surface area contributed by atoms with Gasteiger partial charge in [-0.3, -0.25) is 0 Å². The summed E-state index contributed by atoms with van der Waals surface area (Å²) in [7, 11) is 1.84. The van der Waals surface area contributed by atoms with E-state index in [4.69, 9.17) is 0 Å². The zero-order valence-electron chi connectivity index (χ0n) is 10.5. The molecule has 0 radical (unpaired) electrons. The molecular weight excluding hydrogens is 301 g/mol. The third kappa shape index (κ3) is 2.35. The first-order chi connectivity index (χ1) is 9.25. The maximum atomic E-state index is 12.4. The molecule has 0 aliphatic rings. The zero-order chi connectivity index (χ0) is 13.2. The van der Waals surface area contributed by atoms with Gasteiger partial charge in [-0.2, -0.15) is 0 Å². The quantitative estimate of drug-likeness (QED) is 0.652. The van der Waals surface area contributed by atoms with Crippen molar-refractivity contribution >= 4 is 34.8 Å². The molecule has 0 spiro atoms. The van der Waals surface area contributed by atoms with E-state index >= 15 is 0 Å². The number of benzene rings is 2. The number of nitrogens with zero attached hydrogens (tertiary/aromatic N) is 1. The second-order valence-corrected chi connectivity index (χ2v) is 6.69. The van der Waals surface area contributed by atoms with Crippen LogP contribution < -0.4 is 14.5 Å². The van der Waals surface area contributed by atoms with Crippen molar-refractivity contribution in [1.82, 2.24) is 4.57 Å². The molecule has 94 valence electrons. The van der Waals surface area contributed by atoms with Crippen molar-refractivity contribution in [3.8, 4) is 0 Å². The van der Waals surface area contributed by atoms with Gasteiger partial charge < -0.3 is 0 Å². The fraction of sp³-hybridized carbons (Fsp3) is 0.0625. The molecule has 0 amide bonds. The number of aromatic nitrogens is 1. The van der Waals surface area contributed by atoms with Crippen molar-refractivity contribution in [2.45, 2.75) is 0 Å². The second kappa shape index (κ2) is 5.04. The van der Waals surface area contributed by atoms with E-state index < -0.39 is 0 Å². The number of hydrogen-bond donors (Lipinski definition) is 0. The molecule has 0 fully saturated rings. The first kappa shape index (κ1) is 12.2. The van der Waals surface area contributed by atoms with E-state index in [9.17, 15) is 4.79 Å². The fourth-order valence-corrected chi connectivity index (χ4v) is 4.09. The van der Waals surface area contributed by atoms with E-state index in [1.807, 2.05) is 49.5 Å². The molecule has 1 heterocycles. The van der Waals surface area contributed by atoms with Crippen LogP contribution in [0.15, 0.2) is 65.5 Å². The molecule has 2 nitrogen and oxygen atoms in total. The van der Waals surface area contributed by atoms with Crippen LogP contribution in [0.2, 0.25) is 0 Å². The van der Waals surface area contributed by atoms with Gasteiger partial charge in [-0.15, -0.1) is 0 Å². The van der Waals surface area contributed by atoms with Crippen molar-refractivity contribution in [2.75, 3.05) is 0 Å². The van der Waals surface area contributed by atoms with E-state index in [-0.39, 0.29) is 20.5 Å². The number of para-hydroxylation sites is 1. The Labute approximate surface area is 117 Å². The Kier molecular flexibility index (Phi) is 3.24. The summed E-state index contributed by atoms with van der Waals surface area (Å²) in [5.41, 5.74) is 1.10. The minimum absolute atomic E-state index is 0.0557. The maximum absolute atomic E-state index is 12.4. The molecule has 0 bridgehead atoms. The molecule has 0 N–H and O–H groups in total. The monoisotopic (exact) mass is 315 g/mol. The third-order valence-electron chi connectivity index (χ3n) is 3.07. The zero-order valence-corrected chi connectivity index (χ0v) is 12.3. The van der Waals surface area contributed by atoms with Crippen molar-refractivity contribution in [2.24, 2.45) is 7.05 Å². The Bertz CT molecular complexity index is 778. The van der Waals surface area contributed by atoms with Gasteiger partial charge >= 0.3 is 117 Å². The van der Waals surface area contributed by atoms with Crippen LogP contribution in [0.1, 0.15) is 0 Å². The van der Waals surface area contributed by atoms with Gasteiger partial charge in [0.1, 0.15) is 0 Å². The van der Waals surface area contributed by atoms with E-state index in [1.165, 1.54) is 4.46 Å². The Hall–Kier alpha value is -1.83. The van der Waals surface area contributed by atoms with Crippen molar-refractivity contribution in [3.05, 3.63) is 71.0 Å².